The van der Waals surface area contributed by atoms with E-state index in [0.717, 1.165) is 49.7 Å². The molecular weight excluding hydrogens is 334 g/mol. The van der Waals surface area contributed by atoms with Gasteiger partial charge in [-0.3, -0.25) is 4.90 Å². The molecule has 25 heavy (non-hydrogen) atoms. The average molecular weight is 359 g/mol. The summed E-state index contributed by atoms with van der Waals surface area (Å²) in [4.78, 5) is 16.7. The van der Waals surface area contributed by atoms with Crippen LogP contribution in [0.1, 0.15) is 5.56 Å². The minimum Gasteiger partial charge on any atom is -0.334 e. The van der Waals surface area contributed by atoms with Gasteiger partial charge in [-0.1, -0.05) is 12.1 Å². The van der Waals surface area contributed by atoms with Crippen LogP contribution in [-0.4, -0.2) is 70.3 Å². The van der Waals surface area contributed by atoms with Crippen LogP contribution in [0.25, 0.3) is 5.69 Å². The van der Waals surface area contributed by atoms with Gasteiger partial charge in [0.05, 0.1) is 5.69 Å². The second kappa shape index (κ2) is 8.92. The van der Waals surface area contributed by atoms with E-state index in [-0.39, 0.29) is 6.03 Å². The lowest BCUT2D eigenvalue weighted by Crippen LogP contribution is -2.51. The van der Waals surface area contributed by atoms with Crippen molar-refractivity contribution in [3.8, 4) is 5.69 Å². The molecular formula is C18H25N5OS. The summed E-state index contributed by atoms with van der Waals surface area (Å²) in [7, 11) is 0. The molecule has 1 aromatic heterocycles. The number of piperazine rings is 1. The summed E-state index contributed by atoms with van der Waals surface area (Å²) in [6, 6.07) is 9.98. The Labute approximate surface area is 153 Å². The Hall–Kier alpha value is -1.99. The number of urea groups is 1. The van der Waals surface area contributed by atoms with Gasteiger partial charge in [-0.15, -0.1) is 0 Å². The first-order valence-electron chi connectivity index (χ1n) is 8.59. The molecule has 2 amide bonds. The van der Waals surface area contributed by atoms with E-state index in [0.29, 0.717) is 6.54 Å². The van der Waals surface area contributed by atoms with Crippen LogP contribution >= 0.6 is 11.8 Å². The van der Waals surface area contributed by atoms with Gasteiger partial charge < -0.3 is 10.2 Å². The smallest absolute Gasteiger partial charge is 0.317 e. The molecule has 1 aliphatic heterocycles. The third-order valence-corrected chi connectivity index (χ3v) is 4.99. The van der Waals surface area contributed by atoms with E-state index >= 15 is 0 Å². The summed E-state index contributed by atoms with van der Waals surface area (Å²) in [6.45, 7) is 5.16. The van der Waals surface area contributed by atoms with Gasteiger partial charge in [0.15, 0.2) is 0 Å². The fraction of sp³-hybridized carbons (Fsp3) is 0.444. The van der Waals surface area contributed by atoms with Crippen molar-refractivity contribution in [2.24, 2.45) is 0 Å². The lowest BCUT2D eigenvalue weighted by Gasteiger charge is -2.34. The molecule has 0 aliphatic carbocycles. The van der Waals surface area contributed by atoms with Crippen molar-refractivity contribution >= 4 is 17.8 Å². The number of hydrogen-bond acceptors (Lipinski definition) is 4. The van der Waals surface area contributed by atoms with E-state index < -0.39 is 0 Å². The molecule has 1 N–H and O–H groups in total. The second-order valence-corrected chi connectivity index (χ2v) is 7.09. The fourth-order valence-electron chi connectivity index (χ4n) is 2.91. The lowest BCUT2D eigenvalue weighted by molar-refractivity contribution is 0.143. The number of thioether (sulfide) groups is 1. The molecule has 0 saturated carbocycles. The fourth-order valence-corrected chi connectivity index (χ4v) is 3.36. The highest BCUT2D eigenvalue weighted by atomic mass is 32.2. The summed E-state index contributed by atoms with van der Waals surface area (Å²) in [5, 5.41) is 7.27. The minimum atomic E-state index is 0.0222. The molecule has 1 fully saturated rings. The van der Waals surface area contributed by atoms with Crippen LogP contribution in [0.15, 0.2) is 42.7 Å². The Morgan fingerprint density at radius 3 is 2.80 bits per heavy atom. The number of benzene rings is 1. The zero-order valence-electron chi connectivity index (χ0n) is 14.6. The van der Waals surface area contributed by atoms with Crippen molar-refractivity contribution < 1.29 is 4.79 Å². The number of hydrogen-bond donors (Lipinski definition) is 1. The van der Waals surface area contributed by atoms with Gasteiger partial charge in [0.25, 0.3) is 0 Å². The molecule has 134 valence electrons. The summed E-state index contributed by atoms with van der Waals surface area (Å²) in [5.41, 5.74) is 2.07. The van der Waals surface area contributed by atoms with Gasteiger partial charge in [-0.05, 0) is 30.0 Å². The number of carbonyl (C=O) groups excluding carboxylic acids is 1. The molecule has 1 saturated heterocycles. The molecule has 0 radical (unpaired) electrons. The molecule has 0 spiro atoms. The number of nitrogens with zero attached hydrogens (tertiary/aromatic N) is 4. The lowest BCUT2D eigenvalue weighted by atomic mass is 10.2. The van der Waals surface area contributed by atoms with Crippen LogP contribution in [0.4, 0.5) is 4.79 Å². The quantitative estimate of drug-likeness (QED) is 0.858. The zero-order chi connectivity index (χ0) is 17.5. The van der Waals surface area contributed by atoms with Crippen LogP contribution in [0.2, 0.25) is 0 Å². The SMILES string of the molecule is CSCCN1CCN(C(=O)NCc2cccc(-n3cccn3)c2)CC1. The van der Waals surface area contributed by atoms with Crippen molar-refractivity contribution in [2.45, 2.75) is 6.54 Å². The van der Waals surface area contributed by atoms with E-state index in [2.05, 4.69) is 21.6 Å². The first-order valence-corrected chi connectivity index (χ1v) is 9.98. The minimum absolute atomic E-state index is 0.0222. The summed E-state index contributed by atoms with van der Waals surface area (Å²) in [5.74, 6) is 1.15. The largest absolute Gasteiger partial charge is 0.334 e. The molecule has 2 heterocycles. The van der Waals surface area contributed by atoms with Crippen molar-refractivity contribution in [2.75, 3.05) is 44.7 Å². The predicted octanol–water partition coefficient (Wildman–Crippen LogP) is 2.06. The number of rotatable bonds is 6. The molecule has 0 unspecified atom stereocenters. The maximum atomic E-state index is 12.4. The Kier molecular flexibility index (Phi) is 6.36. The maximum Gasteiger partial charge on any atom is 0.317 e. The van der Waals surface area contributed by atoms with E-state index in [9.17, 15) is 4.79 Å². The van der Waals surface area contributed by atoms with Crippen molar-refractivity contribution in [3.63, 3.8) is 0 Å². The van der Waals surface area contributed by atoms with Crippen molar-refractivity contribution in [1.82, 2.24) is 24.9 Å². The standard InChI is InChI=1S/C18H25N5OS/c1-25-13-12-21-8-10-22(11-9-21)18(24)19-15-16-4-2-5-17(14-16)23-7-3-6-20-23/h2-7,14H,8-13,15H2,1H3,(H,19,24). The molecule has 3 rings (SSSR count). The van der Waals surface area contributed by atoms with E-state index in [1.54, 1.807) is 6.20 Å². The summed E-state index contributed by atoms with van der Waals surface area (Å²) in [6.07, 6.45) is 5.80. The van der Waals surface area contributed by atoms with Crippen molar-refractivity contribution in [3.05, 3.63) is 48.3 Å². The number of carbonyl (C=O) groups is 1. The van der Waals surface area contributed by atoms with Gasteiger partial charge in [0, 0.05) is 57.4 Å². The highest BCUT2D eigenvalue weighted by molar-refractivity contribution is 7.98. The zero-order valence-corrected chi connectivity index (χ0v) is 15.4. The van der Waals surface area contributed by atoms with Gasteiger partial charge >= 0.3 is 6.03 Å². The highest BCUT2D eigenvalue weighted by Gasteiger charge is 2.20. The van der Waals surface area contributed by atoms with Crippen LogP contribution in [0.5, 0.6) is 0 Å². The molecule has 2 aromatic rings. The van der Waals surface area contributed by atoms with Gasteiger partial charge in [-0.25, -0.2) is 9.48 Å². The summed E-state index contributed by atoms with van der Waals surface area (Å²) < 4.78 is 1.82. The van der Waals surface area contributed by atoms with Gasteiger partial charge in [-0.2, -0.15) is 16.9 Å². The predicted molar refractivity (Wildman–Crippen MR) is 102 cm³/mol. The topological polar surface area (TPSA) is 53.4 Å². The molecule has 0 bridgehead atoms. The van der Waals surface area contributed by atoms with E-state index in [4.69, 9.17) is 0 Å². The van der Waals surface area contributed by atoms with Crippen LogP contribution in [0.3, 0.4) is 0 Å². The number of nitrogens with one attached hydrogen (secondary N) is 1. The third-order valence-electron chi connectivity index (χ3n) is 4.39. The first-order chi connectivity index (χ1) is 12.3. The molecule has 6 nitrogen and oxygen atoms in total. The number of aromatic nitrogens is 2. The average Bonchev–Trinajstić information content (AvgIpc) is 3.20. The van der Waals surface area contributed by atoms with Gasteiger partial charge in [0.2, 0.25) is 0 Å². The van der Waals surface area contributed by atoms with E-state index in [1.807, 2.05) is 57.9 Å². The third kappa shape index (κ3) is 4.99. The molecule has 7 heteroatoms. The molecule has 1 aliphatic rings. The van der Waals surface area contributed by atoms with Gasteiger partial charge in [0.1, 0.15) is 0 Å². The van der Waals surface area contributed by atoms with E-state index in [1.165, 1.54) is 0 Å². The second-order valence-electron chi connectivity index (χ2n) is 6.10. The Bertz CT molecular complexity index is 668. The summed E-state index contributed by atoms with van der Waals surface area (Å²) >= 11 is 1.87. The normalized spacial score (nSPS) is 15.3. The number of amides is 2. The first kappa shape index (κ1) is 17.8. The monoisotopic (exact) mass is 359 g/mol. The Morgan fingerprint density at radius 1 is 1.24 bits per heavy atom. The van der Waals surface area contributed by atoms with Crippen molar-refractivity contribution in [1.29, 1.82) is 0 Å². The molecule has 0 atom stereocenters. The van der Waals surface area contributed by atoms with Crippen LogP contribution in [-0.2, 0) is 6.54 Å². The van der Waals surface area contributed by atoms with Crippen LogP contribution in [0, 0.1) is 0 Å². The highest BCUT2D eigenvalue weighted by Crippen LogP contribution is 2.10. The maximum absolute atomic E-state index is 12.4. The Balaban J connectivity index is 1.47. The molecule has 1 aromatic carbocycles. The van der Waals surface area contributed by atoms with Crippen LogP contribution < -0.4 is 5.32 Å². The Morgan fingerprint density at radius 2 is 2.08 bits per heavy atom.